The molecule has 2 fully saturated rings. The van der Waals surface area contributed by atoms with Crippen LogP contribution in [0.25, 0.3) is 0 Å². The third-order valence-electron chi connectivity index (χ3n) is 4.98. The topological polar surface area (TPSA) is 49.4 Å². The summed E-state index contributed by atoms with van der Waals surface area (Å²) in [4.78, 5) is 27.0. The molecule has 2 saturated carbocycles. The molecule has 4 nitrogen and oxygen atoms in total. The SMILES string of the molecule is CN(C(=O)C1(C(=O)NC2CCCCC2)CC1)c1ccccc1. The minimum Gasteiger partial charge on any atom is -0.352 e. The zero-order valence-corrected chi connectivity index (χ0v) is 13.2. The first-order valence-corrected chi connectivity index (χ1v) is 8.28. The van der Waals surface area contributed by atoms with Crippen LogP contribution in [0.15, 0.2) is 30.3 Å². The lowest BCUT2D eigenvalue weighted by atomic mass is 9.94. The second-order valence-corrected chi connectivity index (χ2v) is 6.59. The number of para-hydroxylation sites is 1. The predicted molar refractivity (Wildman–Crippen MR) is 86.5 cm³/mol. The monoisotopic (exact) mass is 300 g/mol. The molecule has 1 N–H and O–H groups in total. The normalized spacial score (nSPS) is 20.2. The summed E-state index contributed by atoms with van der Waals surface area (Å²) in [6, 6.07) is 9.78. The largest absolute Gasteiger partial charge is 0.352 e. The summed E-state index contributed by atoms with van der Waals surface area (Å²) >= 11 is 0. The molecule has 0 unspecified atom stereocenters. The molecule has 1 aromatic rings. The number of benzene rings is 1. The number of carbonyl (C=O) groups is 2. The van der Waals surface area contributed by atoms with Gasteiger partial charge >= 0.3 is 0 Å². The molecule has 0 bridgehead atoms. The maximum absolute atomic E-state index is 12.8. The van der Waals surface area contributed by atoms with E-state index in [9.17, 15) is 9.59 Å². The van der Waals surface area contributed by atoms with Crippen LogP contribution in [0.5, 0.6) is 0 Å². The van der Waals surface area contributed by atoms with Gasteiger partial charge in [-0.25, -0.2) is 0 Å². The number of hydrogen-bond donors (Lipinski definition) is 1. The van der Waals surface area contributed by atoms with Crippen molar-refractivity contribution >= 4 is 17.5 Å². The third-order valence-corrected chi connectivity index (χ3v) is 4.98. The zero-order valence-electron chi connectivity index (χ0n) is 13.2. The van der Waals surface area contributed by atoms with Crippen LogP contribution in [0.3, 0.4) is 0 Å². The van der Waals surface area contributed by atoms with Crippen molar-refractivity contribution in [3.05, 3.63) is 30.3 Å². The highest BCUT2D eigenvalue weighted by molar-refractivity contribution is 6.13. The predicted octanol–water partition coefficient (Wildman–Crippen LogP) is 2.88. The number of carbonyl (C=O) groups excluding carboxylic acids is 2. The van der Waals surface area contributed by atoms with Crippen LogP contribution in [-0.2, 0) is 9.59 Å². The Morgan fingerprint density at radius 1 is 1.09 bits per heavy atom. The summed E-state index contributed by atoms with van der Waals surface area (Å²) in [5, 5.41) is 3.12. The van der Waals surface area contributed by atoms with Gasteiger partial charge in [0.2, 0.25) is 11.8 Å². The fraction of sp³-hybridized carbons (Fsp3) is 0.556. The lowest BCUT2D eigenvalue weighted by Crippen LogP contribution is -2.47. The first-order chi connectivity index (χ1) is 10.6. The molecule has 0 heterocycles. The molecule has 0 atom stereocenters. The minimum atomic E-state index is -0.817. The molecular weight excluding hydrogens is 276 g/mol. The number of anilines is 1. The van der Waals surface area contributed by atoms with E-state index in [4.69, 9.17) is 0 Å². The third kappa shape index (κ3) is 2.87. The molecule has 0 saturated heterocycles. The van der Waals surface area contributed by atoms with E-state index >= 15 is 0 Å². The Labute approximate surface area is 131 Å². The molecule has 0 radical (unpaired) electrons. The van der Waals surface area contributed by atoms with Crippen LogP contribution in [0, 0.1) is 5.41 Å². The van der Waals surface area contributed by atoms with Gasteiger partial charge in [0, 0.05) is 18.8 Å². The highest BCUT2D eigenvalue weighted by atomic mass is 16.2. The lowest BCUT2D eigenvalue weighted by molar-refractivity contribution is -0.136. The molecule has 4 heteroatoms. The van der Waals surface area contributed by atoms with Crippen molar-refractivity contribution in [1.82, 2.24) is 5.32 Å². The van der Waals surface area contributed by atoms with Gasteiger partial charge in [-0.15, -0.1) is 0 Å². The van der Waals surface area contributed by atoms with Crippen molar-refractivity contribution in [2.75, 3.05) is 11.9 Å². The van der Waals surface area contributed by atoms with Gasteiger partial charge in [0.1, 0.15) is 5.41 Å². The molecule has 2 aliphatic rings. The number of hydrogen-bond acceptors (Lipinski definition) is 2. The summed E-state index contributed by atoms with van der Waals surface area (Å²) in [7, 11) is 1.76. The molecule has 2 amide bonds. The molecule has 0 aliphatic heterocycles. The number of nitrogens with zero attached hydrogens (tertiary/aromatic N) is 1. The fourth-order valence-electron chi connectivity index (χ4n) is 3.32. The smallest absolute Gasteiger partial charge is 0.242 e. The second-order valence-electron chi connectivity index (χ2n) is 6.59. The summed E-state index contributed by atoms with van der Waals surface area (Å²) < 4.78 is 0. The molecule has 118 valence electrons. The summed E-state index contributed by atoms with van der Waals surface area (Å²) in [5.74, 6) is -0.140. The van der Waals surface area contributed by atoms with Crippen LogP contribution < -0.4 is 10.2 Å². The van der Waals surface area contributed by atoms with E-state index in [1.165, 1.54) is 19.3 Å². The van der Waals surface area contributed by atoms with Gasteiger partial charge in [-0.05, 0) is 37.8 Å². The van der Waals surface area contributed by atoms with E-state index < -0.39 is 5.41 Å². The maximum atomic E-state index is 12.8. The fourth-order valence-corrected chi connectivity index (χ4v) is 3.32. The standard InChI is InChI=1S/C18H24N2O2/c1-20(15-10-6-3-7-11-15)17(22)18(12-13-18)16(21)19-14-8-4-2-5-9-14/h3,6-7,10-11,14H,2,4-5,8-9,12-13H2,1H3,(H,19,21). The van der Waals surface area contributed by atoms with Gasteiger partial charge < -0.3 is 10.2 Å². The van der Waals surface area contributed by atoms with E-state index in [0.29, 0.717) is 12.8 Å². The van der Waals surface area contributed by atoms with Crippen molar-refractivity contribution in [3.8, 4) is 0 Å². The molecule has 1 aromatic carbocycles. The first-order valence-electron chi connectivity index (χ1n) is 8.28. The molecule has 2 aliphatic carbocycles. The van der Waals surface area contributed by atoms with E-state index in [1.54, 1.807) is 11.9 Å². The Kier molecular flexibility index (Phi) is 4.19. The molecule has 22 heavy (non-hydrogen) atoms. The Bertz CT molecular complexity index is 545. The Hall–Kier alpha value is -1.84. The van der Waals surface area contributed by atoms with Crippen LogP contribution in [0.1, 0.15) is 44.9 Å². The van der Waals surface area contributed by atoms with Gasteiger partial charge in [-0.1, -0.05) is 37.5 Å². The van der Waals surface area contributed by atoms with Gasteiger partial charge in [0.05, 0.1) is 0 Å². The zero-order chi connectivity index (χ0) is 15.6. The maximum Gasteiger partial charge on any atom is 0.242 e. The Morgan fingerprint density at radius 3 is 2.32 bits per heavy atom. The van der Waals surface area contributed by atoms with E-state index in [-0.39, 0.29) is 17.9 Å². The van der Waals surface area contributed by atoms with Gasteiger partial charge in [0.25, 0.3) is 0 Å². The van der Waals surface area contributed by atoms with Crippen LogP contribution in [0.4, 0.5) is 5.69 Å². The van der Waals surface area contributed by atoms with Crippen LogP contribution >= 0.6 is 0 Å². The highest BCUT2D eigenvalue weighted by Gasteiger charge is 2.58. The van der Waals surface area contributed by atoms with E-state index in [0.717, 1.165) is 18.5 Å². The molecule has 0 aromatic heterocycles. The summed E-state index contributed by atoms with van der Waals surface area (Å²) in [6.45, 7) is 0. The second kappa shape index (κ2) is 6.11. The van der Waals surface area contributed by atoms with Crippen molar-refractivity contribution in [2.24, 2.45) is 5.41 Å². The van der Waals surface area contributed by atoms with Crippen LogP contribution in [0.2, 0.25) is 0 Å². The van der Waals surface area contributed by atoms with Gasteiger partial charge in [-0.2, -0.15) is 0 Å². The number of amides is 2. The molecule has 0 spiro atoms. The van der Waals surface area contributed by atoms with Gasteiger partial charge in [0.15, 0.2) is 0 Å². The highest BCUT2D eigenvalue weighted by Crippen LogP contribution is 2.48. The summed E-state index contributed by atoms with van der Waals surface area (Å²) in [6.07, 6.45) is 7.04. The Balaban J connectivity index is 1.67. The average Bonchev–Trinajstić information content (AvgIpc) is 3.37. The number of rotatable bonds is 4. The van der Waals surface area contributed by atoms with Crippen LogP contribution in [-0.4, -0.2) is 24.9 Å². The summed E-state index contributed by atoms with van der Waals surface area (Å²) in [5.41, 5.74) is 0.0198. The van der Waals surface area contributed by atoms with Gasteiger partial charge in [-0.3, -0.25) is 9.59 Å². The Morgan fingerprint density at radius 2 is 1.73 bits per heavy atom. The number of nitrogens with one attached hydrogen (secondary N) is 1. The van der Waals surface area contributed by atoms with E-state index in [2.05, 4.69) is 5.32 Å². The van der Waals surface area contributed by atoms with E-state index in [1.807, 2.05) is 30.3 Å². The minimum absolute atomic E-state index is 0.0628. The van der Waals surface area contributed by atoms with Crippen molar-refractivity contribution in [1.29, 1.82) is 0 Å². The van der Waals surface area contributed by atoms with Crippen molar-refractivity contribution in [2.45, 2.75) is 51.0 Å². The molecular formula is C18H24N2O2. The molecule has 3 rings (SSSR count). The van der Waals surface area contributed by atoms with Crippen molar-refractivity contribution in [3.63, 3.8) is 0 Å². The lowest BCUT2D eigenvalue weighted by Gasteiger charge is -2.27. The average molecular weight is 300 g/mol. The first kappa shape index (κ1) is 15.1. The quantitative estimate of drug-likeness (QED) is 0.869. The van der Waals surface area contributed by atoms with Crippen molar-refractivity contribution < 1.29 is 9.59 Å².